The predicted octanol–water partition coefficient (Wildman–Crippen LogP) is 6.25. The van der Waals surface area contributed by atoms with E-state index in [1.807, 2.05) is 18.2 Å². The summed E-state index contributed by atoms with van der Waals surface area (Å²) in [5, 5.41) is 12.4. The van der Waals surface area contributed by atoms with Gasteiger partial charge in [-0.15, -0.1) is 0 Å². The predicted molar refractivity (Wildman–Crippen MR) is 118 cm³/mol. The number of rotatable bonds is 6. The highest BCUT2D eigenvalue weighted by Gasteiger charge is 2.48. The zero-order valence-electron chi connectivity index (χ0n) is 16.0. The molecule has 0 radical (unpaired) electrons. The molecular weight excluding hydrogens is 414 g/mol. The number of anilines is 1. The highest BCUT2D eigenvalue weighted by molar-refractivity contribution is 9.10. The Labute approximate surface area is 175 Å². The summed E-state index contributed by atoms with van der Waals surface area (Å²) in [6, 6.07) is 16.9. The second-order valence-electron chi connectivity index (χ2n) is 8.44. The lowest BCUT2D eigenvalue weighted by atomic mass is 9.52. The molecule has 0 heterocycles. The SMILES string of the molecule is O=C(O)/C=C/c1cccc(NCC23CCC(c4ccc(Br)cc4)(CC2)CC3)c1. The first-order chi connectivity index (χ1) is 13.5. The summed E-state index contributed by atoms with van der Waals surface area (Å²) < 4.78 is 1.15. The number of hydrogen-bond acceptors (Lipinski definition) is 2. The van der Waals surface area contributed by atoms with Crippen LogP contribution in [0.4, 0.5) is 5.69 Å². The first-order valence-corrected chi connectivity index (χ1v) is 10.8. The van der Waals surface area contributed by atoms with Crippen LogP contribution in [0.15, 0.2) is 59.1 Å². The van der Waals surface area contributed by atoms with Crippen molar-refractivity contribution in [2.24, 2.45) is 5.41 Å². The summed E-state index contributed by atoms with van der Waals surface area (Å²) >= 11 is 3.55. The Balaban J connectivity index is 1.40. The summed E-state index contributed by atoms with van der Waals surface area (Å²) in [7, 11) is 0. The fourth-order valence-corrected chi connectivity index (χ4v) is 5.24. The Morgan fingerprint density at radius 2 is 1.71 bits per heavy atom. The molecule has 3 saturated carbocycles. The van der Waals surface area contributed by atoms with Gasteiger partial charge < -0.3 is 10.4 Å². The topological polar surface area (TPSA) is 49.3 Å². The van der Waals surface area contributed by atoms with Crippen molar-refractivity contribution in [2.75, 3.05) is 11.9 Å². The lowest BCUT2D eigenvalue weighted by Crippen LogP contribution is -2.47. The lowest BCUT2D eigenvalue weighted by molar-refractivity contribution is -0.131. The van der Waals surface area contributed by atoms with Crippen molar-refractivity contribution in [3.05, 3.63) is 70.2 Å². The van der Waals surface area contributed by atoms with Gasteiger partial charge in [-0.2, -0.15) is 0 Å². The number of carboxylic acid groups (broad SMARTS) is 1. The van der Waals surface area contributed by atoms with E-state index >= 15 is 0 Å². The van der Waals surface area contributed by atoms with Crippen LogP contribution in [-0.4, -0.2) is 17.6 Å². The number of hydrogen-bond donors (Lipinski definition) is 2. The maximum Gasteiger partial charge on any atom is 0.328 e. The molecule has 2 N–H and O–H groups in total. The molecule has 28 heavy (non-hydrogen) atoms. The van der Waals surface area contributed by atoms with E-state index in [1.165, 1.54) is 50.2 Å². The van der Waals surface area contributed by atoms with Crippen LogP contribution in [0, 0.1) is 5.41 Å². The number of halogens is 1. The molecule has 0 saturated heterocycles. The fourth-order valence-electron chi connectivity index (χ4n) is 4.97. The van der Waals surface area contributed by atoms with Crippen LogP contribution in [0.5, 0.6) is 0 Å². The number of carboxylic acids is 1. The molecule has 3 fully saturated rings. The minimum Gasteiger partial charge on any atom is -0.478 e. The molecule has 0 atom stereocenters. The summed E-state index contributed by atoms with van der Waals surface area (Å²) in [5.74, 6) is -0.920. The quantitative estimate of drug-likeness (QED) is 0.522. The van der Waals surface area contributed by atoms with Crippen molar-refractivity contribution in [2.45, 2.75) is 43.9 Å². The molecule has 0 aliphatic heterocycles. The van der Waals surface area contributed by atoms with Gasteiger partial charge in [-0.25, -0.2) is 4.79 Å². The van der Waals surface area contributed by atoms with Crippen molar-refractivity contribution in [3.63, 3.8) is 0 Å². The van der Waals surface area contributed by atoms with E-state index in [-0.39, 0.29) is 0 Å². The normalized spacial score (nSPS) is 26.5. The van der Waals surface area contributed by atoms with Gasteiger partial charge in [0, 0.05) is 22.8 Å². The van der Waals surface area contributed by atoms with Gasteiger partial charge in [0.25, 0.3) is 0 Å². The number of carbonyl (C=O) groups is 1. The van der Waals surface area contributed by atoms with Gasteiger partial charge >= 0.3 is 5.97 Å². The lowest BCUT2D eigenvalue weighted by Gasteiger charge is -2.54. The second-order valence-corrected chi connectivity index (χ2v) is 9.35. The third kappa shape index (κ3) is 4.02. The average Bonchev–Trinajstić information content (AvgIpc) is 2.73. The highest BCUT2D eigenvalue weighted by atomic mass is 79.9. The fraction of sp³-hybridized carbons (Fsp3) is 0.375. The van der Waals surface area contributed by atoms with Crippen molar-refractivity contribution >= 4 is 33.7 Å². The van der Waals surface area contributed by atoms with E-state index in [0.717, 1.165) is 22.3 Å². The van der Waals surface area contributed by atoms with Crippen LogP contribution in [0.1, 0.15) is 49.7 Å². The molecule has 2 aromatic carbocycles. The number of aliphatic carboxylic acids is 1. The van der Waals surface area contributed by atoms with Crippen LogP contribution in [0.2, 0.25) is 0 Å². The van der Waals surface area contributed by atoms with Gasteiger partial charge in [-0.05, 0) is 90.8 Å². The maximum absolute atomic E-state index is 10.7. The zero-order valence-corrected chi connectivity index (χ0v) is 17.5. The van der Waals surface area contributed by atoms with E-state index in [1.54, 1.807) is 6.08 Å². The molecule has 0 unspecified atom stereocenters. The summed E-state index contributed by atoms with van der Waals surface area (Å²) in [6.07, 6.45) is 10.5. The minimum atomic E-state index is -0.920. The summed E-state index contributed by atoms with van der Waals surface area (Å²) in [5.41, 5.74) is 4.26. The van der Waals surface area contributed by atoms with Gasteiger partial charge in [0.05, 0.1) is 0 Å². The molecule has 2 aromatic rings. The average molecular weight is 440 g/mol. The first-order valence-electron chi connectivity index (χ1n) is 10.00. The highest BCUT2D eigenvalue weighted by Crippen LogP contribution is 2.57. The van der Waals surface area contributed by atoms with Crippen LogP contribution < -0.4 is 5.32 Å². The Morgan fingerprint density at radius 1 is 1.04 bits per heavy atom. The van der Waals surface area contributed by atoms with Gasteiger partial charge in [0.15, 0.2) is 0 Å². The molecule has 3 aliphatic rings. The molecule has 146 valence electrons. The van der Waals surface area contributed by atoms with Crippen molar-refractivity contribution < 1.29 is 9.90 Å². The van der Waals surface area contributed by atoms with Gasteiger partial charge in [0.1, 0.15) is 0 Å². The van der Waals surface area contributed by atoms with E-state index in [0.29, 0.717) is 10.8 Å². The smallest absolute Gasteiger partial charge is 0.328 e. The molecule has 3 aliphatic carbocycles. The molecular formula is C24H26BrNO2. The van der Waals surface area contributed by atoms with E-state index in [4.69, 9.17) is 5.11 Å². The van der Waals surface area contributed by atoms with Crippen LogP contribution in [0.3, 0.4) is 0 Å². The summed E-state index contributed by atoms with van der Waals surface area (Å²) in [6.45, 7) is 0.996. The third-order valence-electron chi connectivity index (χ3n) is 6.83. The number of nitrogens with one attached hydrogen (secondary N) is 1. The monoisotopic (exact) mass is 439 g/mol. The van der Waals surface area contributed by atoms with Crippen LogP contribution >= 0.6 is 15.9 Å². The minimum absolute atomic E-state index is 0.379. The van der Waals surface area contributed by atoms with Crippen molar-refractivity contribution in [1.29, 1.82) is 0 Å². The summed E-state index contributed by atoms with van der Waals surface area (Å²) in [4.78, 5) is 10.7. The molecule has 4 heteroatoms. The third-order valence-corrected chi connectivity index (χ3v) is 7.36. The molecule has 0 amide bonds. The van der Waals surface area contributed by atoms with Crippen LogP contribution in [0.25, 0.3) is 6.08 Å². The first kappa shape index (κ1) is 19.3. The Kier molecular flexibility index (Phi) is 5.33. The Morgan fingerprint density at radius 3 is 2.36 bits per heavy atom. The number of benzene rings is 2. The molecule has 3 nitrogen and oxygen atoms in total. The standard InChI is InChI=1S/C24H26BrNO2/c25-20-7-5-19(6-8-20)24-13-10-23(11-14-24,12-15-24)17-26-21-3-1-2-18(16-21)4-9-22(27)28/h1-9,16,26H,10-15,17H2,(H,27,28)/b9-4+. The Hall–Kier alpha value is -2.07. The van der Waals surface area contributed by atoms with E-state index < -0.39 is 5.97 Å². The van der Waals surface area contributed by atoms with Crippen molar-refractivity contribution in [3.8, 4) is 0 Å². The molecule has 0 spiro atoms. The van der Waals surface area contributed by atoms with Gasteiger partial charge in [0.2, 0.25) is 0 Å². The molecule has 2 bridgehead atoms. The maximum atomic E-state index is 10.7. The van der Waals surface area contributed by atoms with E-state index in [9.17, 15) is 4.79 Å². The molecule has 5 rings (SSSR count). The number of fused-ring (bicyclic) bond motifs is 3. The Bertz CT molecular complexity index is 863. The zero-order chi connectivity index (χ0) is 19.6. The van der Waals surface area contributed by atoms with Crippen LogP contribution in [-0.2, 0) is 10.2 Å². The van der Waals surface area contributed by atoms with Gasteiger partial charge in [-0.3, -0.25) is 0 Å². The van der Waals surface area contributed by atoms with E-state index in [2.05, 4.69) is 51.6 Å². The second kappa shape index (κ2) is 7.75. The van der Waals surface area contributed by atoms with Gasteiger partial charge in [-0.1, -0.05) is 40.2 Å². The van der Waals surface area contributed by atoms with Crippen molar-refractivity contribution in [1.82, 2.24) is 0 Å². The molecule has 0 aromatic heterocycles. The largest absolute Gasteiger partial charge is 0.478 e.